The van der Waals surface area contributed by atoms with Crippen LogP contribution in [0.2, 0.25) is 0 Å². The lowest BCUT2D eigenvalue weighted by molar-refractivity contribution is 0.628. The first-order valence-electron chi connectivity index (χ1n) is 7.08. The Bertz CT molecular complexity index is 806. The molecule has 5 heteroatoms. The molecule has 1 heterocycles. The van der Waals surface area contributed by atoms with E-state index in [2.05, 4.69) is 22.4 Å². The monoisotopic (exact) mass is 296 g/mol. The van der Waals surface area contributed by atoms with Crippen LogP contribution in [0.4, 0.5) is 4.39 Å². The Morgan fingerprint density at radius 3 is 2.50 bits per heavy atom. The quantitative estimate of drug-likeness (QED) is 0.807. The van der Waals surface area contributed by atoms with Crippen LogP contribution in [0.1, 0.15) is 16.8 Å². The van der Waals surface area contributed by atoms with E-state index in [0.29, 0.717) is 5.69 Å². The summed E-state index contributed by atoms with van der Waals surface area (Å²) in [5, 5.41) is 8.43. The Labute approximate surface area is 128 Å². The highest BCUT2D eigenvalue weighted by atomic mass is 19.1. The summed E-state index contributed by atoms with van der Waals surface area (Å²) >= 11 is 0. The molecule has 4 nitrogen and oxygen atoms in total. The smallest absolute Gasteiger partial charge is 0.123 e. The van der Waals surface area contributed by atoms with Crippen LogP contribution in [-0.4, -0.2) is 15.0 Å². The van der Waals surface area contributed by atoms with E-state index in [1.165, 1.54) is 12.1 Å². The molecule has 112 valence electrons. The minimum atomic E-state index is -0.274. The van der Waals surface area contributed by atoms with Gasteiger partial charge in [0, 0.05) is 12.1 Å². The number of nitrogens with two attached hydrogens (primary N) is 1. The maximum atomic E-state index is 13.2. The van der Waals surface area contributed by atoms with Gasteiger partial charge in [-0.15, -0.1) is 5.10 Å². The van der Waals surface area contributed by atoms with Gasteiger partial charge in [0.2, 0.25) is 0 Å². The zero-order chi connectivity index (χ0) is 15.7. The van der Waals surface area contributed by atoms with E-state index >= 15 is 0 Å². The second-order valence-electron chi connectivity index (χ2n) is 5.30. The van der Waals surface area contributed by atoms with Crippen LogP contribution in [-0.2, 0) is 6.54 Å². The van der Waals surface area contributed by atoms with Gasteiger partial charge in [0.1, 0.15) is 11.5 Å². The van der Waals surface area contributed by atoms with Crippen LogP contribution in [0, 0.1) is 19.7 Å². The molecule has 3 rings (SSSR count). The SMILES string of the molecule is Cc1ccc(C)c(-n2nnc(CN)c2-c2ccc(F)cc2)c1. The van der Waals surface area contributed by atoms with Crippen molar-refractivity contribution in [3.63, 3.8) is 0 Å². The fourth-order valence-electron chi connectivity index (χ4n) is 2.46. The number of hydrogen-bond acceptors (Lipinski definition) is 3. The molecule has 22 heavy (non-hydrogen) atoms. The van der Waals surface area contributed by atoms with Crippen molar-refractivity contribution in [3.05, 3.63) is 65.1 Å². The third-order valence-corrected chi connectivity index (χ3v) is 3.64. The van der Waals surface area contributed by atoms with Gasteiger partial charge in [0.05, 0.1) is 11.4 Å². The van der Waals surface area contributed by atoms with E-state index < -0.39 is 0 Å². The van der Waals surface area contributed by atoms with Crippen molar-refractivity contribution in [1.29, 1.82) is 0 Å². The highest BCUT2D eigenvalue weighted by Crippen LogP contribution is 2.27. The molecule has 0 amide bonds. The zero-order valence-electron chi connectivity index (χ0n) is 12.5. The summed E-state index contributed by atoms with van der Waals surface area (Å²) < 4.78 is 15.0. The minimum absolute atomic E-state index is 0.274. The number of hydrogen-bond donors (Lipinski definition) is 1. The summed E-state index contributed by atoms with van der Waals surface area (Å²) in [4.78, 5) is 0. The lowest BCUT2D eigenvalue weighted by Gasteiger charge is -2.11. The highest BCUT2D eigenvalue weighted by molar-refractivity contribution is 5.65. The molecule has 3 aromatic rings. The van der Waals surface area contributed by atoms with E-state index in [1.54, 1.807) is 16.8 Å². The molecule has 0 spiro atoms. The van der Waals surface area contributed by atoms with Crippen molar-refractivity contribution in [1.82, 2.24) is 15.0 Å². The van der Waals surface area contributed by atoms with Gasteiger partial charge in [0.25, 0.3) is 0 Å². The molecule has 0 fully saturated rings. The number of benzene rings is 2. The minimum Gasteiger partial charge on any atom is -0.325 e. The molecular weight excluding hydrogens is 279 g/mol. The number of nitrogens with zero attached hydrogens (tertiary/aromatic N) is 3. The van der Waals surface area contributed by atoms with Crippen LogP contribution < -0.4 is 5.73 Å². The van der Waals surface area contributed by atoms with Crippen LogP contribution in [0.3, 0.4) is 0 Å². The molecule has 0 bridgehead atoms. The molecule has 0 saturated heterocycles. The number of halogens is 1. The molecule has 1 aromatic heterocycles. The second kappa shape index (κ2) is 5.69. The molecule has 0 saturated carbocycles. The van der Waals surface area contributed by atoms with Gasteiger partial charge in [-0.2, -0.15) is 0 Å². The van der Waals surface area contributed by atoms with Crippen LogP contribution >= 0.6 is 0 Å². The van der Waals surface area contributed by atoms with E-state index in [1.807, 2.05) is 19.9 Å². The van der Waals surface area contributed by atoms with Crippen molar-refractivity contribution < 1.29 is 4.39 Å². The molecule has 0 aliphatic carbocycles. The molecule has 0 aliphatic heterocycles. The molecule has 2 aromatic carbocycles. The van der Waals surface area contributed by atoms with Crippen molar-refractivity contribution in [3.8, 4) is 16.9 Å². The maximum Gasteiger partial charge on any atom is 0.123 e. The number of aryl methyl sites for hydroxylation is 2. The fraction of sp³-hybridized carbons (Fsp3) is 0.176. The van der Waals surface area contributed by atoms with Gasteiger partial charge < -0.3 is 5.73 Å². The topological polar surface area (TPSA) is 56.7 Å². The van der Waals surface area contributed by atoms with Gasteiger partial charge in [-0.05, 0) is 55.3 Å². The van der Waals surface area contributed by atoms with E-state index in [9.17, 15) is 4.39 Å². The number of rotatable bonds is 3. The summed E-state index contributed by atoms with van der Waals surface area (Å²) in [6, 6.07) is 12.4. The molecule has 0 atom stereocenters. The largest absolute Gasteiger partial charge is 0.325 e. The lowest BCUT2D eigenvalue weighted by Crippen LogP contribution is -2.04. The zero-order valence-corrected chi connectivity index (χ0v) is 12.5. The van der Waals surface area contributed by atoms with Gasteiger partial charge >= 0.3 is 0 Å². The van der Waals surface area contributed by atoms with Crippen molar-refractivity contribution in [2.45, 2.75) is 20.4 Å². The highest BCUT2D eigenvalue weighted by Gasteiger charge is 2.16. The van der Waals surface area contributed by atoms with E-state index in [0.717, 1.165) is 28.1 Å². The standard InChI is InChI=1S/C17H17FN4/c1-11-3-4-12(2)16(9-11)22-17(15(10-19)20-21-22)13-5-7-14(18)8-6-13/h3-9H,10,19H2,1-2H3. The van der Waals surface area contributed by atoms with Crippen molar-refractivity contribution in [2.24, 2.45) is 5.73 Å². The Kier molecular flexibility index (Phi) is 3.73. The first-order valence-corrected chi connectivity index (χ1v) is 7.08. The summed E-state index contributed by atoms with van der Waals surface area (Å²) in [6.07, 6.45) is 0. The first-order chi connectivity index (χ1) is 10.6. The lowest BCUT2D eigenvalue weighted by atomic mass is 10.1. The molecule has 2 N–H and O–H groups in total. The molecular formula is C17H17FN4. The van der Waals surface area contributed by atoms with Crippen LogP contribution in [0.25, 0.3) is 16.9 Å². The third-order valence-electron chi connectivity index (χ3n) is 3.64. The molecule has 0 unspecified atom stereocenters. The normalized spacial score (nSPS) is 10.9. The van der Waals surface area contributed by atoms with Gasteiger partial charge in [-0.1, -0.05) is 17.3 Å². The summed E-state index contributed by atoms with van der Waals surface area (Å²) in [5.74, 6) is -0.274. The van der Waals surface area contributed by atoms with Crippen LogP contribution in [0.5, 0.6) is 0 Å². The average molecular weight is 296 g/mol. The Morgan fingerprint density at radius 1 is 1.09 bits per heavy atom. The second-order valence-corrected chi connectivity index (χ2v) is 5.30. The summed E-state index contributed by atoms with van der Waals surface area (Å²) in [5.41, 5.74) is 11.3. The Morgan fingerprint density at radius 2 is 1.82 bits per heavy atom. The Balaban J connectivity index is 2.23. The molecule has 0 radical (unpaired) electrons. The third kappa shape index (κ3) is 2.51. The summed E-state index contributed by atoms with van der Waals surface area (Å²) in [6.45, 7) is 4.33. The molecule has 0 aliphatic rings. The first kappa shape index (κ1) is 14.4. The van der Waals surface area contributed by atoms with E-state index in [4.69, 9.17) is 5.73 Å². The van der Waals surface area contributed by atoms with Crippen molar-refractivity contribution in [2.75, 3.05) is 0 Å². The Hall–Kier alpha value is -2.53. The van der Waals surface area contributed by atoms with Crippen LogP contribution in [0.15, 0.2) is 42.5 Å². The predicted octanol–water partition coefficient (Wildman–Crippen LogP) is 3.15. The predicted molar refractivity (Wildman–Crippen MR) is 84.1 cm³/mol. The number of aromatic nitrogens is 3. The van der Waals surface area contributed by atoms with Crippen molar-refractivity contribution >= 4 is 0 Å². The maximum absolute atomic E-state index is 13.2. The van der Waals surface area contributed by atoms with E-state index in [-0.39, 0.29) is 12.4 Å². The van der Waals surface area contributed by atoms with Gasteiger partial charge in [-0.25, -0.2) is 9.07 Å². The fourth-order valence-corrected chi connectivity index (χ4v) is 2.46. The van der Waals surface area contributed by atoms with Gasteiger partial charge in [-0.3, -0.25) is 0 Å². The average Bonchev–Trinajstić information content (AvgIpc) is 2.94. The summed E-state index contributed by atoms with van der Waals surface area (Å²) in [7, 11) is 0. The van der Waals surface area contributed by atoms with Gasteiger partial charge in [0.15, 0.2) is 0 Å².